The van der Waals surface area contributed by atoms with E-state index in [1.165, 1.54) is 0 Å². The van der Waals surface area contributed by atoms with E-state index < -0.39 is 8.32 Å². The van der Waals surface area contributed by atoms with E-state index >= 15 is 0 Å². The largest absolute Gasteiger partial charge is 0.440 e. The van der Waals surface area contributed by atoms with Crippen LogP contribution in [-0.2, 0) is 9.16 Å². The van der Waals surface area contributed by atoms with Gasteiger partial charge in [0.05, 0.1) is 0 Å². The molecule has 0 aromatic rings. The van der Waals surface area contributed by atoms with Crippen LogP contribution in [0.2, 0.25) is 19.1 Å². The van der Waals surface area contributed by atoms with Gasteiger partial charge in [-0.1, -0.05) is 18.7 Å². The minimum Gasteiger partial charge on any atom is -0.440 e. The van der Waals surface area contributed by atoms with Crippen LogP contribution in [0.25, 0.3) is 0 Å². The van der Waals surface area contributed by atoms with Crippen molar-refractivity contribution in [1.82, 2.24) is 4.90 Å². The highest BCUT2D eigenvalue weighted by Gasteiger charge is 2.56. The fourth-order valence-corrected chi connectivity index (χ4v) is 5.14. The summed E-state index contributed by atoms with van der Waals surface area (Å²) >= 11 is 0. The van der Waals surface area contributed by atoms with E-state index in [0.717, 1.165) is 30.2 Å². The molecule has 1 aliphatic carbocycles. The van der Waals surface area contributed by atoms with Gasteiger partial charge in [-0.15, -0.1) is 6.58 Å². The molecule has 3 aliphatic rings. The van der Waals surface area contributed by atoms with Gasteiger partial charge in [0.1, 0.15) is 12.1 Å². The molecule has 20 heavy (non-hydrogen) atoms. The molecule has 3 rings (SSSR count). The normalized spacial score (nSPS) is 32.0. The number of ether oxygens (including phenoxy) is 1. The summed E-state index contributed by atoms with van der Waals surface area (Å²) in [6, 6.07) is 0.896. The monoisotopic (exact) mass is 291 g/mol. The minimum absolute atomic E-state index is 0.0160. The van der Waals surface area contributed by atoms with Crippen LogP contribution in [0.15, 0.2) is 36.5 Å². The highest BCUT2D eigenvalue weighted by molar-refractivity contribution is 6.71. The van der Waals surface area contributed by atoms with Crippen molar-refractivity contribution in [2.24, 2.45) is 0 Å². The third-order valence-corrected chi connectivity index (χ3v) is 6.43. The van der Waals surface area contributed by atoms with Gasteiger partial charge in [0.25, 0.3) is 0 Å². The van der Waals surface area contributed by atoms with Gasteiger partial charge in [-0.3, -0.25) is 4.90 Å². The number of nitrogens with zero attached hydrogens (tertiary/aromatic N) is 1. The van der Waals surface area contributed by atoms with Crippen molar-refractivity contribution in [3.8, 4) is 0 Å². The molecule has 4 nitrogen and oxygen atoms in total. The third kappa shape index (κ3) is 1.96. The van der Waals surface area contributed by atoms with Gasteiger partial charge in [0.15, 0.2) is 14.4 Å². The van der Waals surface area contributed by atoms with Gasteiger partial charge >= 0.3 is 6.09 Å². The maximum atomic E-state index is 11.9. The Labute approximate surface area is 120 Å². The summed E-state index contributed by atoms with van der Waals surface area (Å²) in [6.07, 6.45) is 4.33. The Morgan fingerprint density at radius 1 is 1.60 bits per heavy atom. The molecule has 2 heterocycles. The fraction of sp³-hybridized carbons (Fsp3) is 0.533. The molecule has 1 saturated heterocycles. The Morgan fingerprint density at radius 3 is 3.05 bits per heavy atom. The van der Waals surface area contributed by atoms with Crippen molar-refractivity contribution >= 4 is 14.4 Å². The molecule has 0 spiro atoms. The summed E-state index contributed by atoms with van der Waals surface area (Å²) in [5, 5.41) is 0. The lowest BCUT2D eigenvalue weighted by molar-refractivity contribution is 0.0669. The van der Waals surface area contributed by atoms with Gasteiger partial charge in [0.2, 0.25) is 0 Å². The van der Waals surface area contributed by atoms with Gasteiger partial charge in [-0.25, -0.2) is 4.79 Å². The first kappa shape index (κ1) is 13.6. The first-order valence-corrected chi connectivity index (χ1v) is 10.2. The highest BCUT2D eigenvalue weighted by atomic mass is 28.4. The van der Waals surface area contributed by atoms with Crippen LogP contribution < -0.4 is 0 Å². The molecule has 0 aromatic heterocycles. The summed E-state index contributed by atoms with van der Waals surface area (Å²) in [4.78, 5) is 13.7. The van der Waals surface area contributed by atoms with Gasteiger partial charge in [-0.05, 0) is 36.7 Å². The zero-order chi connectivity index (χ0) is 14.5. The summed E-state index contributed by atoms with van der Waals surface area (Å²) in [6.45, 7) is 13.0. The number of hydrogen-bond acceptors (Lipinski definition) is 3. The standard InChI is InChI=1S/C15H21NO3Si/c1-5-9-20(3,4)19-13-10(2)11-7-6-8-16-12(11)14(13)18-15(16)17/h5,7,12-14H,1-2,6,8-9H2,3-4H3/t12-,13-,14-/m0/s1. The van der Waals surface area contributed by atoms with E-state index in [4.69, 9.17) is 9.16 Å². The number of rotatable bonds is 4. The quantitative estimate of drug-likeness (QED) is 0.590. The zero-order valence-corrected chi connectivity index (χ0v) is 13.1. The fourth-order valence-electron chi connectivity index (χ4n) is 3.38. The molecule has 1 amide bonds. The molecule has 0 bridgehead atoms. The number of amides is 1. The Bertz CT molecular complexity index is 511. The van der Waals surface area contributed by atoms with Crippen molar-refractivity contribution in [2.75, 3.05) is 6.54 Å². The topological polar surface area (TPSA) is 38.8 Å². The second kappa shape index (κ2) is 4.60. The van der Waals surface area contributed by atoms with Crippen LogP contribution in [0.3, 0.4) is 0 Å². The van der Waals surface area contributed by atoms with Gasteiger partial charge in [0, 0.05) is 6.54 Å². The molecule has 108 valence electrons. The SMILES string of the molecule is C=CC[Si](C)(C)O[C@H]1C(=C)C2=CCCN3C(=O)O[C@H]1[C@H]23. The number of hydrogen-bond donors (Lipinski definition) is 0. The first-order valence-electron chi connectivity index (χ1n) is 7.10. The Hall–Kier alpha value is -1.33. The lowest BCUT2D eigenvalue weighted by Crippen LogP contribution is -2.42. The number of allylic oxidation sites excluding steroid dienone is 1. The number of carbonyl (C=O) groups excluding carboxylic acids is 1. The van der Waals surface area contributed by atoms with Crippen molar-refractivity contribution in [3.05, 3.63) is 36.5 Å². The predicted molar refractivity (Wildman–Crippen MR) is 80.0 cm³/mol. The molecule has 2 fully saturated rings. The van der Waals surface area contributed by atoms with Gasteiger partial charge in [-0.2, -0.15) is 0 Å². The molecule has 0 radical (unpaired) electrons. The van der Waals surface area contributed by atoms with Crippen molar-refractivity contribution in [3.63, 3.8) is 0 Å². The Morgan fingerprint density at radius 2 is 2.35 bits per heavy atom. The molecule has 5 heteroatoms. The highest BCUT2D eigenvalue weighted by Crippen LogP contribution is 2.44. The molecular weight excluding hydrogens is 270 g/mol. The zero-order valence-electron chi connectivity index (χ0n) is 12.1. The number of carbonyl (C=O) groups is 1. The van der Waals surface area contributed by atoms with Crippen LogP contribution in [0.1, 0.15) is 6.42 Å². The maximum absolute atomic E-state index is 11.9. The summed E-state index contributed by atoms with van der Waals surface area (Å²) in [7, 11) is -1.85. The maximum Gasteiger partial charge on any atom is 0.410 e. The first-order chi connectivity index (χ1) is 9.44. The Kier molecular flexibility index (Phi) is 3.14. The molecule has 2 aliphatic heterocycles. The summed E-state index contributed by atoms with van der Waals surface area (Å²) in [5.41, 5.74) is 2.13. The van der Waals surface area contributed by atoms with E-state index in [1.54, 1.807) is 0 Å². The average Bonchev–Trinajstić information content (AvgIpc) is 2.84. The van der Waals surface area contributed by atoms with Crippen LogP contribution in [0.4, 0.5) is 4.79 Å². The molecule has 0 unspecified atom stereocenters. The van der Waals surface area contributed by atoms with Crippen LogP contribution in [0, 0.1) is 0 Å². The van der Waals surface area contributed by atoms with E-state index in [0.29, 0.717) is 0 Å². The van der Waals surface area contributed by atoms with Crippen molar-refractivity contribution in [1.29, 1.82) is 0 Å². The second-order valence-electron chi connectivity index (χ2n) is 6.25. The lowest BCUT2D eigenvalue weighted by Gasteiger charge is -2.28. The summed E-state index contributed by atoms with van der Waals surface area (Å²) < 4.78 is 11.9. The molecule has 0 aromatic carbocycles. The van der Waals surface area contributed by atoms with Crippen molar-refractivity contribution in [2.45, 2.75) is 43.8 Å². The molecule has 3 atom stereocenters. The average molecular weight is 291 g/mol. The van der Waals surface area contributed by atoms with E-state index in [9.17, 15) is 4.79 Å². The van der Waals surface area contributed by atoms with E-state index in [-0.39, 0.29) is 24.3 Å². The van der Waals surface area contributed by atoms with Crippen molar-refractivity contribution < 1.29 is 14.0 Å². The Balaban J connectivity index is 1.88. The molecular formula is C15H21NO3Si. The molecule has 0 N–H and O–H groups in total. The summed E-state index contributed by atoms with van der Waals surface area (Å²) in [5.74, 6) is 0. The third-order valence-electron chi connectivity index (χ3n) is 4.27. The smallest absolute Gasteiger partial charge is 0.410 e. The molecule has 1 saturated carbocycles. The minimum atomic E-state index is -1.85. The second-order valence-corrected chi connectivity index (χ2v) is 10.4. The van der Waals surface area contributed by atoms with Crippen LogP contribution in [-0.4, -0.2) is 44.1 Å². The van der Waals surface area contributed by atoms with E-state index in [1.807, 2.05) is 11.0 Å². The lowest BCUT2D eigenvalue weighted by atomic mass is 10.0. The van der Waals surface area contributed by atoms with Gasteiger partial charge < -0.3 is 9.16 Å². The van der Waals surface area contributed by atoms with Crippen LogP contribution >= 0.6 is 0 Å². The van der Waals surface area contributed by atoms with E-state index in [2.05, 4.69) is 32.3 Å². The van der Waals surface area contributed by atoms with Crippen LogP contribution in [0.5, 0.6) is 0 Å². The predicted octanol–water partition coefficient (Wildman–Crippen LogP) is 2.85.